The van der Waals surface area contributed by atoms with Crippen LogP contribution in [0.4, 0.5) is 0 Å². The molecule has 16 heavy (non-hydrogen) atoms. The molecule has 0 radical (unpaired) electrons. The summed E-state index contributed by atoms with van der Waals surface area (Å²) in [4.78, 5) is 11.6. The first-order valence-corrected chi connectivity index (χ1v) is 6.57. The summed E-state index contributed by atoms with van der Waals surface area (Å²) in [6.45, 7) is 0. The molecule has 0 aliphatic heterocycles. The quantitative estimate of drug-likeness (QED) is 0.853. The predicted molar refractivity (Wildman–Crippen MR) is 62.8 cm³/mol. The zero-order valence-electron chi connectivity index (χ0n) is 9.06. The topological polar surface area (TPSA) is 57.5 Å². The van der Waals surface area contributed by atoms with Crippen LogP contribution in [0, 0.1) is 5.92 Å². The SMILES string of the molecule is O=C(O)c1ccsc1C(O)C1CCCCC1. The molecule has 1 aliphatic rings. The summed E-state index contributed by atoms with van der Waals surface area (Å²) in [6.07, 6.45) is 4.96. The molecule has 1 aromatic heterocycles. The maximum absolute atomic E-state index is 11.0. The lowest BCUT2D eigenvalue weighted by Crippen LogP contribution is -2.16. The molecular formula is C12H16O3S. The van der Waals surface area contributed by atoms with E-state index in [-0.39, 0.29) is 11.5 Å². The highest BCUT2D eigenvalue weighted by Crippen LogP contribution is 2.37. The maximum Gasteiger partial charge on any atom is 0.336 e. The van der Waals surface area contributed by atoms with E-state index in [2.05, 4.69) is 0 Å². The second-order valence-corrected chi connectivity index (χ2v) is 5.29. The van der Waals surface area contributed by atoms with E-state index in [1.54, 1.807) is 11.4 Å². The van der Waals surface area contributed by atoms with Crippen molar-refractivity contribution in [2.45, 2.75) is 38.2 Å². The Morgan fingerprint density at radius 3 is 2.69 bits per heavy atom. The first kappa shape index (κ1) is 11.6. The number of carboxylic acids is 1. The van der Waals surface area contributed by atoms with Gasteiger partial charge in [0.05, 0.1) is 11.7 Å². The molecule has 0 aromatic carbocycles. The van der Waals surface area contributed by atoms with Gasteiger partial charge in [0.15, 0.2) is 0 Å². The number of aliphatic hydroxyl groups is 1. The molecule has 88 valence electrons. The Labute approximate surface area is 98.7 Å². The van der Waals surface area contributed by atoms with Crippen LogP contribution in [0.15, 0.2) is 11.4 Å². The van der Waals surface area contributed by atoms with Crippen molar-refractivity contribution < 1.29 is 15.0 Å². The van der Waals surface area contributed by atoms with E-state index in [1.165, 1.54) is 17.8 Å². The molecule has 4 heteroatoms. The number of carbonyl (C=O) groups is 1. The molecule has 1 saturated carbocycles. The molecule has 3 nitrogen and oxygen atoms in total. The van der Waals surface area contributed by atoms with Crippen LogP contribution in [0.25, 0.3) is 0 Å². The normalized spacial score (nSPS) is 19.6. The highest BCUT2D eigenvalue weighted by Gasteiger charge is 2.27. The molecule has 1 unspecified atom stereocenters. The van der Waals surface area contributed by atoms with E-state index in [0.717, 1.165) is 25.7 Å². The Morgan fingerprint density at radius 2 is 2.06 bits per heavy atom. The molecule has 1 aromatic rings. The van der Waals surface area contributed by atoms with Gasteiger partial charge in [-0.1, -0.05) is 19.3 Å². The van der Waals surface area contributed by atoms with Gasteiger partial charge in [0.2, 0.25) is 0 Å². The zero-order chi connectivity index (χ0) is 11.5. The minimum Gasteiger partial charge on any atom is -0.478 e. The number of rotatable bonds is 3. The number of aromatic carboxylic acids is 1. The van der Waals surface area contributed by atoms with Crippen molar-refractivity contribution in [2.24, 2.45) is 5.92 Å². The third-order valence-electron chi connectivity index (χ3n) is 3.29. The number of hydrogen-bond acceptors (Lipinski definition) is 3. The van der Waals surface area contributed by atoms with Crippen molar-refractivity contribution in [1.29, 1.82) is 0 Å². The molecule has 0 amide bonds. The Kier molecular flexibility index (Phi) is 3.61. The molecule has 2 rings (SSSR count). The van der Waals surface area contributed by atoms with E-state index < -0.39 is 12.1 Å². The van der Waals surface area contributed by atoms with Gasteiger partial charge in [-0.3, -0.25) is 0 Å². The molecular weight excluding hydrogens is 224 g/mol. The highest BCUT2D eigenvalue weighted by molar-refractivity contribution is 7.10. The van der Waals surface area contributed by atoms with Gasteiger partial charge in [-0.25, -0.2) is 4.79 Å². The van der Waals surface area contributed by atoms with E-state index in [4.69, 9.17) is 5.11 Å². The number of aliphatic hydroxyl groups excluding tert-OH is 1. The number of hydrogen-bond donors (Lipinski definition) is 2. The van der Waals surface area contributed by atoms with Crippen molar-refractivity contribution in [3.63, 3.8) is 0 Å². The first-order chi connectivity index (χ1) is 7.70. The van der Waals surface area contributed by atoms with Crippen molar-refractivity contribution in [2.75, 3.05) is 0 Å². The standard InChI is InChI=1S/C12H16O3S/c13-10(8-4-2-1-3-5-8)11-9(12(14)15)6-7-16-11/h6-8,10,13H,1-5H2,(H,14,15). The van der Waals surface area contributed by atoms with E-state index in [9.17, 15) is 9.90 Å². The Balaban J connectivity index is 2.15. The van der Waals surface area contributed by atoms with Crippen LogP contribution in [0.5, 0.6) is 0 Å². The molecule has 2 N–H and O–H groups in total. The largest absolute Gasteiger partial charge is 0.478 e. The van der Waals surface area contributed by atoms with Gasteiger partial charge < -0.3 is 10.2 Å². The van der Waals surface area contributed by atoms with E-state index in [1.807, 2.05) is 0 Å². The summed E-state index contributed by atoms with van der Waals surface area (Å²) < 4.78 is 0. The smallest absolute Gasteiger partial charge is 0.336 e. The molecule has 0 saturated heterocycles. The molecule has 0 bridgehead atoms. The summed E-state index contributed by atoms with van der Waals surface area (Å²) >= 11 is 1.35. The minimum atomic E-state index is -0.939. The number of thiophene rings is 1. The average Bonchev–Trinajstić information content (AvgIpc) is 2.78. The fourth-order valence-electron chi connectivity index (χ4n) is 2.39. The maximum atomic E-state index is 11.0. The summed E-state index contributed by atoms with van der Waals surface area (Å²) in [5.41, 5.74) is 0.267. The van der Waals surface area contributed by atoms with Crippen molar-refractivity contribution in [3.8, 4) is 0 Å². The van der Waals surface area contributed by atoms with Gasteiger partial charge in [0.25, 0.3) is 0 Å². The molecule has 1 atom stereocenters. The van der Waals surface area contributed by atoms with E-state index >= 15 is 0 Å². The van der Waals surface area contributed by atoms with Crippen LogP contribution in [-0.2, 0) is 0 Å². The van der Waals surface area contributed by atoms with Gasteiger partial charge in [-0.15, -0.1) is 11.3 Å². The van der Waals surface area contributed by atoms with Crippen LogP contribution in [0.2, 0.25) is 0 Å². The monoisotopic (exact) mass is 240 g/mol. The Morgan fingerprint density at radius 1 is 1.38 bits per heavy atom. The lowest BCUT2D eigenvalue weighted by Gasteiger charge is -2.26. The number of carboxylic acid groups (broad SMARTS) is 1. The minimum absolute atomic E-state index is 0.241. The zero-order valence-corrected chi connectivity index (χ0v) is 9.87. The van der Waals surface area contributed by atoms with Crippen molar-refractivity contribution >= 4 is 17.3 Å². The second kappa shape index (κ2) is 4.97. The summed E-state index contributed by atoms with van der Waals surface area (Å²) in [5, 5.41) is 20.9. The molecule has 1 aliphatic carbocycles. The van der Waals surface area contributed by atoms with Crippen LogP contribution in [0.3, 0.4) is 0 Å². The van der Waals surface area contributed by atoms with Gasteiger partial charge >= 0.3 is 5.97 Å². The summed E-state index contributed by atoms with van der Waals surface area (Å²) in [7, 11) is 0. The third-order valence-corrected chi connectivity index (χ3v) is 4.28. The van der Waals surface area contributed by atoms with Gasteiger partial charge in [-0.05, 0) is 30.2 Å². The predicted octanol–water partition coefficient (Wildman–Crippen LogP) is 3.06. The highest BCUT2D eigenvalue weighted by atomic mass is 32.1. The van der Waals surface area contributed by atoms with Gasteiger partial charge in [-0.2, -0.15) is 0 Å². The van der Waals surface area contributed by atoms with Crippen molar-refractivity contribution in [1.82, 2.24) is 0 Å². The van der Waals surface area contributed by atoms with E-state index in [0.29, 0.717) is 4.88 Å². The Bertz CT molecular complexity index is 366. The molecule has 0 spiro atoms. The summed E-state index contributed by atoms with van der Waals surface area (Å²) in [5.74, 6) is -0.698. The lowest BCUT2D eigenvalue weighted by atomic mass is 9.84. The van der Waals surface area contributed by atoms with Crippen LogP contribution >= 0.6 is 11.3 Å². The second-order valence-electron chi connectivity index (χ2n) is 4.35. The van der Waals surface area contributed by atoms with Gasteiger partial charge in [0.1, 0.15) is 0 Å². The molecule has 1 fully saturated rings. The first-order valence-electron chi connectivity index (χ1n) is 5.69. The third kappa shape index (κ3) is 2.28. The average molecular weight is 240 g/mol. The fourth-order valence-corrected chi connectivity index (χ4v) is 3.36. The van der Waals surface area contributed by atoms with Crippen LogP contribution in [0.1, 0.15) is 53.4 Å². The van der Waals surface area contributed by atoms with Gasteiger partial charge in [0, 0.05) is 4.88 Å². The fraction of sp³-hybridized carbons (Fsp3) is 0.583. The Hall–Kier alpha value is -0.870. The molecule has 1 heterocycles. The summed E-state index contributed by atoms with van der Waals surface area (Å²) in [6, 6.07) is 1.58. The lowest BCUT2D eigenvalue weighted by molar-refractivity contribution is 0.0665. The van der Waals surface area contributed by atoms with Crippen molar-refractivity contribution in [3.05, 3.63) is 21.9 Å². The van der Waals surface area contributed by atoms with Crippen LogP contribution in [-0.4, -0.2) is 16.2 Å². The van der Waals surface area contributed by atoms with Crippen LogP contribution < -0.4 is 0 Å².